The van der Waals surface area contributed by atoms with Gasteiger partial charge < -0.3 is 19.9 Å². The van der Waals surface area contributed by atoms with Gasteiger partial charge in [0.1, 0.15) is 29.9 Å². The number of halogens is 3. The molecule has 1 fully saturated rings. The second-order valence-electron chi connectivity index (χ2n) is 10.8. The van der Waals surface area contributed by atoms with Crippen molar-refractivity contribution in [1.29, 1.82) is 0 Å². The number of rotatable bonds is 9. The Morgan fingerprint density at radius 2 is 1.80 bits per heavy atom. The molecule has 2 heterocycles. The highest BCUT2D eigenvalue weighted by Crippen LogP contribution is 2.40. The summed E-state index contributed by atoms with van der Waals surface area (Å²) < 4.78 is 43.1. The molecule has 8 nitrogen and oxygen atoms in total. The van der Waals surface area contributed by atoms with Gasteiger partial charge in [-0.05, 0) is 59.3 Å². The smallest absolute Gasteiger partial charge is 0.255 e. The number of nitrogens with one attached hydrogen (secondary N) is 1. The molecule has 0 radical (unpaired) electrons. The molecule has 0 saturated carbocycles. The minimum atomic E-state index is -1.72. The van der Waals surface area contributed by atoms with Crippen molar-refractivity contribution in [2.75, 3.05) is 18.5 Å². The quantitative estimate of drug-likeness (QED) is 0.174. The van der Waals surface area contributed by atoms with Crippen LogP contribution in [0.2, 0.25) is 0 Å². The standard InChI is InChI=1S/C33H29BrF2N4O4S/c1-20(33(42,17-40-19-37-18-38-40)29-11-8-26(35)14-30(29)36)45-28-15-43-32(44-16-28)24-5-3-21-12-23(4-2-22(21)13-24)31(41)39-27-9-6-25(34)7-10-27/h2-14,18-20,28,32,42H,15-17H2,1H3,(H,39,41). The minimum absolute atomic E-state index is 0.0277. The number of aliphatic hydroxyl groups is 1. The molecular weight excluding hydrogens is 666 g/mol. The monoisotopic (exact) mass is 694 g/mol. The number of carbonyl (C=O) groups is 1. The van der Waals surface area contributed by atoms with Crippen molar-refractivity contribution >= 4 is 50.1 Å². The van der Waals surface area contributed by atoms with Crippen molar-refractivity contribution in [3.8, 4) is 0 Å². The van der Waals surface area contributed by atoms with E-state index in [0.29, 0.717) is 24.5 Å². The van der Waals surface area contributed by atoms with E-state index < -0.39 is 28.8 Å². The molecule has 1 amide bonds. The molecule has 0 spiro atoms. The fourth-order valence-electron chi connectivity index (χ4n) is 5.28. The maximum Gasteiger partial charge on any atom is 0.255 e. The number of benzene rings is 4. The summed E-state index contributed by atoms with van der Waals surface area (Å²) >= 11 is 4.79. The van der Waals surface area contributed by atoms with E-state index in [1.807, 2.05) is 54.6 Å². The fourth-order valence-corrected chi connectivity index (χ4v) is 6.86. The van der Waals surface area contributed by atoms with E-state index in [1.54, 1.807) is 13.0 Å². The number of aromatic nitrogens is 3. The molecular formula is C33H29BrF2N4O4S. The average Bonchev–Trinajstić information content (AvgIpc) is 3.54. The summed E-state index contributed by atoms with van der Waals surface area (Å²) in [5.74, 6) is -1.76. The summed E-state index contributed by atoms with van der Waals surface area (Å²) in [5.41, 5.74) is 0.335. The Morgan fingerprint density at radius 1 is 1.07 bits per heavy atom. The van der Waals surface area contributed by atoms with Gasteiger partial charge in [0.2, 0.25) is 0 Å². The third-order valence-electron chi connectivity index (χ3n) is 7.70. The molecule has 45 heavy (non-hydrogen) atoms. The van der Waals surface area contributed by atoms with Crippen LogP contribution in [0.5, 0.6) is 0 Å². The van der Waals surface area contributed by atoms with E-state index in [2.05, 4.69) is 31.3 Å². The van der Waals surface area contributed by atoms with Gasteiger partial charge in [0.25, 0.3) is 5.91 Å². The van der Waals surface area contributed by atoms with E-state index in [1.165, 1.54) is 35.2 Å². The normalized spacial score (nSPS) is 18.8. The molecule has 1 aliphatic heterocycles. The number of thioether (sulfide) groups is 1. The van der Waals surface area contributed by atoms with Gasteiger partial charge in [-0.15, -0.1) is 11.8 Å². The van der Waals surface area contributed by atoms with Crippen molar-refractivity contribution in [1.82, 2.24) is 14.8 Å². The predicted molar refractivity (Wildman–Crippen MR) is 172 cm³/mol. The number of nitrogens with zero attached hydrogens (tertiary/aromatic N) is 3. The highest BCUT2D eigenvalue weighted by molar-refractivity contribution is 9.10. The number of anilines is 1. The van der Waals surface area contributed by atoms with E-state index in [0.717, 1.165) is 32.9 Å². The third-order valence-corrected chi connectivity index (χ3v) is 9.69. The summed E-state index contributed by atoms with van der Waals surface area (Å²) in [6.07, 6.45) is 2.17. The minimum Gasteiger partial charge on any atom is -0.382 e. The number of amides is 1. The summed E-state index contributed by atoms with van der Waals surface area (Å²) in [7, 11) is 0. The lowest BCUT2D eigenvalue weighted by Crippen LogP contribution is -2.43. The van der Waals surface area contributed by atoms with Crippen LogP contribution in [0.15, 0.2) is 96.0 Å². The molecule has 1 saturated heterocycles. The molecule has 4 aromatic carbocycles. The van der Waals surface area contributed by atoms with Crippen LogP contribution in [-0.4, -0.2) is 49.5 Å². The Morgan fingerprint density at radius 3 is 2.51 bits per heavy atom. The lowest BCUT2D eigenvalue weighted by atomic mass is 9.90. The Balaban J connectivity index is 1.10. The van der Waals surface area contributed by atoms with Gasteiger partial charge in [0, 0.05) is 38.2 Å². The molecule has 0 bridgehead atoms. The maximum absolute atomic E-state index is 14.9. The van der Waals surface area contributed by atoms with Gasteiger partial charge in [-0.1, -0.05) is 47.1 Å². The fraction of sp³-hybridized carbons (Fsp3) is 0.242. The first kappa shape index (κ1) is 31.3. The molecule has 1 aliphatic rings. The van der Waals surface area contributed by atoms with Gasteiger partial charge in [-0.2, -0.15) is 5.10 Å². The van der Waals surface area contributed by atoms with Gasteiger partial charge in [0.15, 0.2) is 6.29 Å². The molecule has 2 N–H and O–H groups in total. The van der Waals surface area contributed by atoms with Crippen LogP contribution in [0.4, 0.5) is 14.5 Å². The molecule has 6 rings (SSSR count). The zero-order chi connectivity index (χ0) is 31.6. The lowest BCUT2D eigenvalue weighted by Gasteiger charge is -2.37. The van der Waals surface area contributed by atoms with Crippen LogP contribution in [0.25, 0.3) is 10.8 Å². The van der Waals surface area contributed by atoms with Crippen LogP contribution in [0, 0.1) is 11.6 Å². The maximum atomic E-state index is 14.9. The molecule has 5 aromatic rings. The summed E-state index contributed by atoms with van der Waals surface area (Å²) in [5, 5.41) is 19.9. The Bertz CT molecular complexity index is 1800. The van der Waals surface area contributed by atoms with Crippen LogP contribution in [0.1, 0.15) is 34.7 Å². The number of carbonyl (C=O) groups excluding carboxylic acids is 1. The average molecular weight is 696 g/mol. The summed E-state index contributed by atoms with van der Waals surface area (Å²) in [6, 6.07) is 21.9. The van der Waals surface area contributed by atoms with Gasteiger partial charge >= 0.3 is 0 Å². The van der Waals surface area contributed by atoms with Crippen LogP contribution < -0.4 is 5.32 Å². The Kier molecular flexibility index (Phi) is 9.29. The molecule has 2 atom stereocenters. The van der Waals surface area contributed by atoms with Gasteiger partial charge in [0.05, 0.1) is 25.0 Å². The molecule has 2 unspecified atom stereocenters. The lowest BCUT2D eigenvalue weighted by molar-refractivity contribution is -0.179. The Hall–Kier alpha value is -3.68. The van der Waals surface area contributed by atoms with E-state index >= 15 is 0 Å². The third kappa shape index (κ3) is 7.10. The van der Waals surface area contributed by atoms with Gasteiger partial charge in [-0.3, -0.25) is 4.79 Å². The first-order valence-electron chi connectivity index (χ1n) is 14.2. The zero-order valence-corrected chi connectivity index (χ0v) is 26.5. The molecule has 1 aromatic heterocycles. The second-order valence-corrected chi connectivity index (χ2v) is 13.4. The van der Waals surface area contributed by atoms with Crippen molar-refractivity contribution in [2.45, 2.75) is 35.9 Å². The first-order chi connectivity index (χ1) is 21.7. The highest BCUT2D eigenvalue weighted by Gasteiger charge is 2.41. The van der Waals surface area contributed by atoms with Crippen molar-refractivity contribution in [3.05, 3.63) is 124 Å². The number of hydrogen-bond acceptors (Lipinski definition) is 7. The van der Waals surface area contributed by atoms with Crippen molar-refractivity contribution in [3.63, 3.8) is 0 Å². The number of hydrogen-bond donors (Lipinski definition) is 2. The summed E-state index contributed by atoms with van der Waals surface area (Å²) in [6.45, 7) is 2.37. The first-order valence-corrected chi connectivity index (χ1v) is 15.9. The molecule has 232 valence electrons. The summed E-state index contributed by atoms with van der Waals surface area (Å²) in [4.78, 5) is 16.7. The molecule has 12 heteroatoms. The van der Waals surface area contributed by atoms with Crippen molar-refractivity contribution < 1.29 is 28.2 Å². The number of fused-ring (bicyclic) bond motifs is 1. The molecule has 0 aliphatic carbocycles. The Labute approximate surface area is 270 Å². The van der Waals surface area contributed by atoms with Crippen LogP contribution in [0.3, 0.4) is 0 Å². The topological polar surface area (TPSA) is 98.5 Å². The number of ether oxygens (including phenoxy) is 2. The highest BCUT2D eigenvalue weighted by atomic mass is 79.9. The van der Waals surface area contributed by atoms with E-state index in [4.69, 9.17) is 9.47 Å². The zero-order valence-electron chi connectivity index (χ0n) is 24.1. The van der Waals surface area contributed by atoms with Crippen LogP contribution >= 0.6 is 27.7 Å². The van der Waals surface area contributed by atoms with Crippen LogP contribution in [-0.2, 0) is 21.6 Å². The van der Waals surface area contributed by atoms with E-state index in [9.17, 15) is 18.7 Å². The van der Waals surface area contributed by atoms with E-state index in [-0.39, 0.29) is 23.3 Å². The largest absolute Gasteiger partial charge is 0.382 e. The second kappa shape index (κ2) is 13.4. The predicted octanol–water partition coefficient (Wildman–Crippen LogP) is 6.85. The SMILES string of the molecule is CC(SC1COC(c2ccc3cc(C(=O)Nc4ccc(Br)cc4)ccc3c2)OC1)C(O)(Cn1cncn1)c1ccc(F)cc1F. The van der Waals surface area contributed by atoms with Gasteiger partial charge in [-0.25, -0.2) is 18.4 Å². The van der Waals surface area contributed by atoms with Crippen molar-refractivity contribution in [2.24, 2.45) is 0 Å².